The van der Waals surface area contributed by atoms with Gasteiger partial charge >= 0.3 is 17.8 Å². The van der Waals surface area contributed by atoms with Crippen molar-refractivity contribution in [3.8, 4) is 5.75 Å². The number of aromatic carboxylic acids is 1. The van der Waals surface area contributed by atoms with Crippen molar-refractivity contribution >= 4 is 11.9 Å². The van der Waals surface area contributed by atoms with Crippen molar-refractivity contribution in [1.82, 2.24) is 25.1 Å². The Balaban J connectivity index is 2.47. The normalized spacial score (nSPS) is 11.3. The van der Waals surface area contributed by atoms with E-state index in [0.29, 0.717) is 0 Å². The van der Waals surface area contributed by atoms with Gasteiger partial charge in [0.15, 0.2) is 5.69 Å². The van der Waals surface area contributed by atoms with Crippen LogP contribution in [0.2, 0.25) is 0 Å². The Morgan fingerprint density at radius 1 is 1.29 bits per heavy atom. The van der Waals surface area contributed by atoms with Gasteiger partial charge in [0.1, 0.15) is 5.82 Å². The summed E-state index contributed by atoms with van der Waals surface area (Å²) >= 11 is 0. The second kappa shape index (κ2) is 5.76. The molecule has 0 spiro atoms. The minimum Gasteiger partial charge on any atom is -0.501 e. The Morgan fingerprint density at radius 2 is 1.92 bits per heavy atom. The maximum Gasteiger partial charge on any atom is 0.358 e. The third-order valence-corrected chi connectivity index (χ3v) is 3.17. The molecule has 0 atom stereocenters. The predicted molar refractivity (Wildman–Crippen MR) is 77.6 cm³/mol. The van der Waals surface area contributed by atoms with Gasteiger partial charge in [0.05, 0.1) is 5.54 Å². The smallest absolute Gasteiger partial charge is 0.358 e. The second-order valence-electron chi connectivity index (χ2n) is 5.51. The van der Waals surface area contributed by atoms with E-state index in [1.54, 1.807) is 0 Å². The lowest BCUT2D eigenvalue weighted by Gasteiger charge is -2.27. The molecule has 0 bridgehead atoms. The standard InChI is InChI=1S/C13H15N5O6/c1-5-16-17-9(24-5)8(20)15-13(2,3)12-14-6(11(22)23)7(19)10(21)18(12)4/h19H,1-4H3,(H,15,20)(H,22,23). The molecule has 2 aromatic rings. The van der Waals surface area contributed by atoms with E-state index >= 15 is 0 Å². The van der Waals surface area contributed by atoms with Gasteiger partial charge in [-0.25, -0.2) is 9.78 Å². The number of carboxylic acids is 1. The molecule has 1 amide bonds. The third kappa shape index (κ3) is 2.95. The van der Waals surface area contributed by atoms with Crippen LogP contribution in [-0.4, -0.2) is 41.8 Å². The Kier molecular flexibility index (Phi) is 4.11. The minimum atomic E-state index is -1.57. The van der Waals surface area contributed by atoms with Crippen molar-refractivity contribution in [3.05, 3.63) is 33.7 Å². The molecule has 2 heterocycles. The maximum atomic E-state index is 12.1. The van der Waals surface area contributed by atoms with Crippen molar-refractivity contribution in [2.75, 3.05) is 0 Å². The van der Waals surface area contributed by atoms with E-state index in [9.17, 15) is 19.5 Å². The number of nitrogens with one attached hydrogen (secondary N) is 1. The topological polar surface area (TPSA) is 160 Å². The number of carboxylic acid groups (broad SMARTS) is 1. The van der Waals surface area contributed by atoms with Crippen molar-refractivity contribution in [2.45, 2.75) is 26.3 Å². The van der Waals surface area contributed by atoms with Gasteiger partial charge in [0.2, 0.25) is 11.6 Å². The van der Waals surface area contributed by atoms with Crippen molar-refractivity contribution < 1.29 is 24.2 Å². The van der Waals surface area contributed by atoms with Crippen LogP contribution in [0.3, 0.4) is 0 Å². The Hall–Kier alpha value is -3.24. The molecule has 0 radical (unpaired) electrons. The zero-order chi connectivity index (χ0) is 18.2. The van der Waals surface area contributed by atoms with Crippen LogP contribution in [0, 0.1) is 6.92 Å². The van der Waals surface area contributed by atoms with Crippen LogP contribution in [0.4, 0.5) is 0 Å². The highest BCUT2D eigenvalue weighted by atomic mass is 16.4. The van der Waals surface area contributed by atoms with Gasteiger partial charge in [-0.15, -0.1) is 10.2 Å². The fraction of sp³-hybridized carbons (Fsp3) is 0.385. The first kappa shape index (κ1) is 17.1. The lowest BCUT2D eigenvalue weighted by atomic mass is 10.0. The number of amides is 1. The van der Waals surface area contributed by atoms with Gasteiger partial charge in [0.25, 0.3) is 5.56 Å². The second-order valence-corrected chi connectivity index (χ2v) is 5.51. The summed E-state index contributed by atoms with van der Waals surface area (Å²) in [7, 11) is 1.29. The van der Waals surface area contributed by atoms with Crippen LogP contribution in [0.5, 0.6) is 5.75 Å². The van der Waals surface area contributed by atoms with Gasteiger partial charge in [-0.05, 0) is 13.8 Å². The highest BCUT2D eigenvalue weighted by Gasteiger charge is 2.32. The molecule has 2 rings (SSSR count). The number of hydrogen-bond donors (Lipinski definition) is 3. The highest BCUT2D eigenvalue weighted by Crippen LogP contribution is 2.20. The number of aryl methyl sites for hydroxylation is 1. The van der Waals surface area contributed by atoms with Gasteiger partial charge in [-0.1, -0.05) is 0 Å². The Bertz CT molecular complexity index is 881. The third-order valence-electron chi connectivity index (χ3n) is 3.17. The summed E-state index contributed by atoms with van der Waals surface area (Å²) < 4.78 is 5.95. The summed E-state index contributed by atoms with van der Waals surface area (Å²) in [5.41, 5.74) is -3.02. The molecule has 0 aromatic carbocycles. The van der Waals surface area contributed by atoms with Crippen LogP contribution in [0.15, 0.2) is 9.21 Å². The Morgan fingerprint density at radius 3 is 2.42 bits per heavy atom. The zero-order valence-electron chi connectivity index (χ0n) is 13.3. The largest absolute Gasteiger partial charge is 0.501 e. The van der Waals surface area contributed by atoms with Crippen molar-refractivity contribution in [2.24, 2.45) is 7.05 Å². The number of hydrogen-bond acceptors (Lipinski definition) is 8. The van der Waals surface area contributed by atoms with E-state index < -0.39 is 34.4 Å². The fourth-order valence-electron chi connectivity index (χ4n) is 2.08. The van der Waals surface area contributed by atoms with Crippen molar-refractivity contribution in [3.63, 3.8) is 0 Å². The number of rotatable bonds is 4. The van der Waals surface area contributed by atoms with E-state index in [-0.39, 0.29) is 17.6 Å². The summed E-state index contributed by atoms with van der Waals surface area (Å²) in [6.07, 6.45) is 0. The monoisotopic (exact) mass is 337 g/mol. The molecule has 0 unspecified atom stereocenters. The highest BCUT2D eigenvalue weighted by molar-refractivity contribution is 5.90. The number of carbonyl (C=O) groups excluding carboxylic acids is 1. The van der Waals surface area contributed by atoms with Crippen LogP contribution in [0.25, 0.3) is 0 Å². The predicted octanol–water partition coefficient (Wildman–Crippen LogP) is -0.459. The van der Waals surface area contributed by atoms with E-state index in [1.807, 2.05) is 0 Å². The van der Waals surface area contributed by atoms with Gasteiger partial charge < -0.3 is 19.9 Å². The lowest BCUT2D eigenvalue weighted by molar-refractivity contribution is 0.0685. The summed E-state index contributed by atoms with van der Waals surface area (Å²) in [6, 6.07) is 0. The average Bonchev–Trinajstić information content (AvgIpc) is 2.90. The van der Waals surface area contributed by atoms with Crippen LogP contribution >= 0.6 is 0 Å². The zero-order valence-corrected chi connectivity index (χ0v) is 13.3. The van der Waals surface area contributed by atoms with Crippen LogP contribution in [-0.2, 0) is 12.6 Å². The van der Waals surface area contributed by atoms with E-state index in [2.05, 4.69) is 20.5 Å². The molecule has 128 valence electrons. The number of aromatic nitrogens is 4. The first-order valence-electron chi connectivity index (χ1n) is 6.71. The molecule has 0 fully saturated rings. The first-order chi connectivity index (χ1) is 11.0. The van der Waals surface area contributed by atoms with Crippen LogP contribution in [0.1, 0.15) is 46.7 Å². The number of nitrogens with zero attached hydrogens (tertiary/aromatic N) is 4. The summed E-state index contributed by atoms with van der Waals surface area (Å²) in [4.78, 5) is 39.0. The van der Waals surface area contributed by atoms with E-state index in [0.717, 1.165) is 4.57 Å². The Labute approximate surface area is 135 Å². The lowest BCUT2D eigenvalue weighted by Crippen LogP contribution is -2.45. The summed E-state index contributed by atoms with van der Waals surface area (Å²) in [6.45, 7) is 4.51. The molecule has 0 aliphatic rings. The molecule has 0 aliphatic carbocycles. The number of carbonyl (C=O) groups is 2. The summed E-state index contributed by atoms with van der Waals surface area (Å²) in [5.74, 6) is -3.44. The quantitative estimate of drug-likeness (QED) is 0.670. The molecule has 0 saturated heterocycles. The van der Waals surface area contributed by atoms with E-state index in [1.165, 1.54) is 27.8 Å². The molecule has 0 saturated carbocycles. The molecule has 24 heavy (non-hydrogen) atoms. The molecule has 3 N–H and O–H groups in total. The number of aromatic hydroxyl groups is 1. The molecule has 0 aliphatic heterocycles. The molecule has 2 aromatic heterocycles. The van der Waals surface area contributed by atoms with Crippen molar-refractivity contribution in [1.29, 1.82) is 0 Å². The fourth-order valence-corrected chi connectivity index (χ4v) is 2.08. The molecular formula is C13H15N5O6. The summed E-state index contributed by atoms with van der Waals surface area (Å²) in [5, 5.41) is 28.3. The minimum absolute atomic E-state index is 0.0766. The molecular weight excluding hydrogens is 322 g/mol. The molecule has 11 nitrogen and oxygen atoms in total. The van der Waals surface area contributed by atoms with Gasteiger partial charge in [-0.3, -0.25) is 14.2 Å². The SMILES string of the molecule is Cc1nnc(C(=O)NC(C)(C)c2nc(C(=O)O)c(O)c(=O)n2C)o1. The maximum absolute atomic E-state index is 12.1. The van der Waals surface area contributed by atoms with Crippen LogP contribution < -0.4 is 10.9 Å². The van der Waals surface area contributed by atoms with Gasteiger partial charge in [0, 0.05) is 14.0 Å². The average molecular weight is 337 g/mol. The van der Waals surface area contributed by atoms with E-state index in [4.69, 9.17) is 9.52 Å². The molecule has 11 heteroatoms. The van der Waals surface area contributed by atoms with Gasteiger partial charge in [-0.2, -0.15) is 0 Å². The first-order valence-corrected chi connectivity index (χ1v) is 6.71.